The van der Waals surface area contributed by atoms with Crippen LogP contribution in [0.4, 0.5) is 4.79 Å². The Kier molecular flexibility index (Phi) is 4.52. The van der Waals surface area contributed by atoms with Gasteiger partial charge in [0.2, 0.25) is 0 Å². The van der Waals surface area contributed by atoms with Crippen LogP contribution in [0.2, 0.25) is 0 Å². The Morgan fingerprint density at radius 1 is 1.23 bits per heavy atom. The van der Waals surface area contributed by atoms with Gasteiger partial charge in [0.05, 0.1) is 17.4 Å². The predicted octanol–water partition coefficient (Wildman–Crippen LogP) is 4.85. The van der Waals surface area contributed by atoms with Crippen LogP contribution in [0.3, 0.4) is 0 Å². The second-order valence-corrected chi connectivity index (χ2v) is 10.9. The van der Waals surface area contributed by atoms with Crippen molar-refractivity contribution in [2.75, 3.05) is 13.1 Å². The van der Waals surface area contributed by atoms with E-state index >= 15 is 0 Å². The summed E-state index contributed by atoms with van der Waals surface area (Å²) in [5.74, 6) is 1.52. The molecular weight excluding hydrogens is 458 g/mol. The van der Waals surface area contributed by atoms with Crippen LogP contribution in [-0.4, -0.2) is 49.0 Å². The fourth-order valence-corrected chi connectivity index (χ4v) is 5.79. The first-order valence-corrected chi connectivity index (χ1v) is 11.5. The van der Waals surface area contributed by atoms with Crippen molar-refractivity contribution in [3.8, 4) is 11.3 Å². The number of fused-ring (bicyclic) bond motifs is 1. The summed E-state index contributed by atoms with van der Waals surface area (Å²) in [5.41, 5.74) is 3.11. The van der Waals surface area contributed by atoms with E-state index in [4.69, 9.17) is 9.72 Å². The highest BCUT2D eigenvalue weighted by Gasteiger charge is 2.55. The van der Waals surface area contributed by atoms with Crippen molar-refractivity contribution >= 4 is 32.9 Å². The molecule has 0 radical (unpaired) electrons. The summed E-state index contributed by atoms with van der Waals surface area (Å²) in [6.45, 7) is 7.29. The van der Waals surface area contributed by atoms with Gasteiger partial charge in [0.1, 0.15) is 16.0 Å². The molecule has 1 aliphatic carbocycles. The molecule has 1 aliphatic heterocycles. The highest BCUT2D eigenvalue weighted by Crippen LogP contribution is 2.56. The average Bonchev–Trinajstić information content (AvgIpc) is 3.10. The normalized spacial score (nSPS) is 18.3. The molecule has 8 heteroatoms. The summed E-state index contributed by atoms with van der Waals surface area (Å²) in [5, 5.41) is 5.47. The van der Waals surface area contributed by atoms with Gasteiger partial charge in [-0.2, -0.15) is 5.10 Å². The van der Waals surface area contributed by atoms with Gasteiger partial charge in [-0.05, 0) is 61.7 Å². The molecule has 3 aromatic rings. The topological polar surface area (TPSA) is 65.2 Å². The number of aromatic nitrogens is 4. The average molecular weight is 486 g/mol. The number of hydrogen-bond acceptors (Lipinski definition) is 4. The lowest BCUT2D eigenvalue weighted by Crippen LogP contribution is -2.63. The van der Waals surface area contributed by atoms with Crippen molar-refractivity contribution in [2.45, 2.75) is 45.1 Å². The molecule has 5 rings (SSSR count). The van der Waals surface area contributed by atoms with Gasteiger partial charge >= 0.3 is 6.09 Å². The van der Waals surface area contributed by atoms with Gasteiger partial charge in [-0.3, -0.25) is 4.68 Å². The number of rotatable bonds is 2. The van der Waals surface area contributed by atoms with E-state index in [0.717, 1.165) is 58.5 Å². The van der Waals surface area contributed by atoms with Crippen molar-refractivity contribution in [3.05, 3.63) is 34.8 Å². The zero-order chi connectivity index (χ0) is 22.1. The first-order valence-electron chi connectivity index (χ1n) is 10.7. The Morgan fingerprint density at radius 3 is 2.61 bits per heavy atom. The first-order chi connectivity index (χ1) is 14.6. The van der Waals surface area contributed by atoms with E-state index in [1.54, 1.807) is 0 Å². The summed E-state index contributed by atoms with van der Waals surface area (Å²) >= 11 is 3.69. The molecule has 1 amide bonds. The maximum absolute atomic E-state index is 12.2. The minimum Gasteiger partial charge on any atom is -0.444 e. The molecule has 0 bridgehead atoms. The van der Waals surface area contributed by atoms with Crippen molar-refractivity contribution in [1.82, 2.24) is 24.2 Å². The number of hydrogen-bond donors (Lipinski definition) is 0. The quantitative estimate of drug-likeness (QED) is 0.520. The second kappa shape index (κ2) is 6.82. The molecule has 1 aromatic carbocycles. The zero-order valence-corrected chi connectivity index (χ0v) is 20.2. The number of halogens is 1. The van der Waals surface area contributed by atoms with Crippen LogP contribution in [0.15, 0.2) is 29.0 Å². The minimum atomic E-state index is -0.448. The Hall–Kier alpha value is -2.35. The van der Waals surface area contributed by atoms with Crippen LogP contribution in [0.25, 0.3) is 22.2 Å². The molecule has 1 spiro atoms. The molecule has 7 nitrogen and oxygen atoms in total. The summed E-state index contributed by atoms with van der Waals surface area (Å²) in [6, 6.07) is 6.40. The fraction of sp³-hybridized carbons (Fsp3) is 0.522. The molecule has 2 aromatic heterocycles. The summed E-state index contributed by atoms with van der Waals surface area (Å²) in [4.78, 5) is 18.9. The molecule has 1 saturated heterocycles. The number of carbonyl (C=O) groups excluding carboxylic acids is 1. The minimum absolute atomic E-state index is 0.200. The maximum atomic E-state index is 12.2. The third kappa shape index (κ3) is 3.45. The van der Waals surface area contributed by atoms with E-state index in [1.807, 2.05) is 43.6 Å². The standard InChI is InChI=1S/C23H28BrN5O2/c1-22(2,3)31-21(30)29-12-23(13-29)9-16(10-23)20-26-19(24)18(27(20)4)14-6-7-17-15(8-14)11-25-28(17)5/h6-8,11,16H,9-10,12-13H2,1-5H3. The van der Waals surface area contributed by atoms with Crippen LogP contribution in [0, 0.1) is 5.41 Å². The highest BCUT2D eigenvalue weighted by molar-refractivity contribution is 9.10. The van der Waals surface area contributed by atoms with Gasteiger partial charge in [0.15, 0.2) is 0 Å². The van der Waals surface area contributed by atoms with Crippen LogP contribution in [0.5, 0.6) is 0 Å². The fourth-order valence-electron chi connectivity index (χ4n) is 5.12. The summed E-state index contributed by atoms with van der Waals surface area (Å²) < 4.78 is 10.5. The van der Waals surface area contributed by atoms with Crippen LogP contribution in [-0.2, 0) is 18.8 Å². The largest absolute Gasteiger partial charge is 0.444 e. The molecule has 1 saturated carbocycles. The SMILES string of the molecule is Cn1c(C2CC3(C2)CN(C(=O)OC(C)(C)C)C3)nc(Br)c1-c1ccc2c(cnn2C)c1. The van der Waals surface area contributed by atoms with E-state index < -0.39 is 5.60 Å². The van der Waals surface area contributed by atoms with E-state index in [0.29, 0.717) is 5.92 Å². The van der Waals surface area contributed by atoms with Gasteiger partial charge < -0.3 is 14.2 Å². The van der Waals surface area contributed by atoms with Crippen LogP contribution >= 0.6 is 15.9 Å². The molecule has 2 fully saturated rings. The van der Waals surface area contributed by atoms with Gasteiger partial charge in [0, 0.05) is 49.5 Å². The third-order valence-electron chi connectivity index (χ3n) is 6.54. The van der Waals surface area contributed by atoms with Crippen LogP contribution in [0.1, 0.15) is 45.4 Å². The Morgan fingerprint density at radius 2 is 1.94 bits per heavy atom. The second-order valence-electron chi connectivity index (χ2n) is 10.2. The van der Waals surface area contributed by atoms with Crippen LogP contribution < -0.4 is 0 Å². The monoisotopic (exact) mass is 485 g/mol. The van der Waals surface area contributed by atoms with Crippen molar-refractivity contribution in [3.63, 3.8) is 0 Å². The van der Waals surface area contributed by atoms with Gasteiger partial charge in [-0.1, -0.05) is 6.07 Å². The Bertz CT molecular complexity index is 1170. The molecule has 31 heavy (non-hydrogen) atoms. The first kappa shape index (κ1) is 20.5. The lowest BCUT2D eigenvalue weighted by atomic mass is 9.57. The maximum Gasteiger partial charge on any atom is 0.410 e. The lowest BCUT2D eigenvalue weighted by Gasteiger charge is -2.58. The molecular formula is C23H28BrN5O2. The zero-order valence-electron chi connectivity index (χ0n) is 18.6. The number of carbonyl (C=O) groups is 1. The number of benzene rings is 1. The number of aryl methyl sites for hydroxylation is 1. The summed E-state index contributed by atoms with van der Waals surface area (Å²) in [6.07, 6.45) is 3.82. The predicted molar refractivity (Wildman–Crippen MR) is 123 cm³/mol. The van der Waals surface area contributed by atoms with Crippen molar-refractivity contribution in [2.24, 2.45) is 19.5 Å². The highest BCUT2D eigenvalue weighted by atomic mass is 79.9. The Balaban J connectivity index is 1.30. The van der Waals surface area contributed by atoms with E-state index in [2.05, 4.69) is 50.8 Å². The molecule has 2 aliphatic rings. The van der Waals surface area contributed by atoms with Crippen molar-refractivity contribution in [1.29, 1.82) is 0 Å². The summed E-state index contributed by atoms with van der Waals surface area (Å²) in [7, 11) is 4.05. The van der Waals surface area contributed by atoms with E-state index in [1.165, 1.54) is 0 Å². The molecule has 0 N–H and O–H groups in total. The van der Waals surface area contributed by atoms with Gasteiger partial charge in [-0.25, -0.2) is 9.78 Å². The van der Waals surface area contributed by atoms with E-state index in [9.17, 15) is 4.79 Å². The van der Waals surface area contributed by atoms with E-state index in [-0.39, 0.29) is 11.5 Å². The van der Waals surface area contributed by atoms with Gasteiger partial charge in [0.25, 0.3) is 0 Å². The number of imidazole rings is 1. The third-order valence-corrected chi connectivity index (χ3v) is 7.09. The molecule has 164 valence electrons. The number of nitrogens with zero attached hydrogens (tertiary/aromatic N) is 5. The van der Waals surface area contributed by atoms with Gasteiger partial charge in [-0.15, -0.1) is 0 Å². The number of amides is 1. The number of ether oxygens (including phenoxy) is 1. The molecule has 3 heterocycles. The molecule has 0 unspecified atom stereocenters. The van der Waals surface area contributed by atoms with Crippen molar-refractivity contribution < 1.29 is 9.53 Å². The number of likely N-dealkylation sites (tertiary alicyclic amines) is 1. The molecule has 0 atom stereocenters. The Labute approximate surface area is 190 Å². The smallest absolute Gasteiger partial charge is 0.410 e. The lowest BCUT2D eigenvalue weighted by molar-refractivity contribution is -0.0801.